The summed E-state index contributed by atoms with van der Waals surface area (Å²) in [6.07, 6.45) is 18.8. The van der Waals surface area contributed by atoms with Gasteiger partial charge in [0.25, 0.3) is 0 Å². The Morgan fingerprint density at radius 1 is 0.800 bits per heavy atom. The molecule has 0 aliphatic carbocycles. The molecule has 0 aliphatic heterocycles. The predicted molar refractivity (Wildman–Crippen MR) is 106 cm³/mol. The molecule has 0 bridgehead atoms. The molecule has 4 heteroatoms. The van der Waals surface area contributed by atoms with Crippen LogP contribution in [0.4, 0.5) is 0 Å². The highest BCUT2D eigenvalue weighted by molar-refractivity contribution is 6.67. The van der Waals surface area contributed by atoms with Crippen LogP contribution in [0.3, 0.4) is 0 Å². The molecular weight excluding hydrogens is 336 g/mol. The van der Waals surface area contributed by atoms with E-state index in [0.717, 1.165) is 12.8 Å². The molecule has 0 fully saturated rings. The van der Waals surface area contributed by atoms with E-state index in [9.17, 15) is 9.59 Å². The van der Waals surface area contributed by atoms with E-state index in [1.807, 2.05) is 0 Å². The highest BCUT2D eigenvalue weighted by Gasteiger charge is 2.03. The third kappa shape index (κ3) is 17.8. The summed E-state index contributed by atoms with van der Waals surface area (Å²) in [6.45, 7) is 3.99. The highest BCUT2D eigenvalue weighted by Crippen LogP contribution is 2.13. The second kappa shape index (κ2) is 18.0. The highest BCUT2D eigenvalue weighted by atomic mass is 35.5. The van der Waals surface area contributed by atoms with Gasteiger partial charge in [0, 0.05) is 12.0 Å². The molecule has 0 heterocycles. The number of unbranched alkanes of at least 4 members (excludes halogenated alkanes) is 12. The smallest absolute Gasteiger partial charge is 0.306 e. The van der Waals surface area contributed by atoms with E-state index >= 15 is 0 Å². The summed E-state index contributed by atoms with van der Waals surface area (Å²) in [5, 5.41) is -0.507. The summed E-state index contributed by atoms with van der Waals surface area (Å²) in [5.74, 6) is -0.200. The van der Waals surface area contributed by atoms with Crippen molar-refractivity contribution in [2.75, 3.05) is 6.61 Å². The van der Waals surface area contributed by atoms with Crippen LogP contribution in [0.15, 0.2) is 11.6 Å². The van der Waals surface area contributed by atoms with Crippen LogP contribution >= 0.6 is 11.6 Å². The maximum absolute atomic E-state index is 11.5. The van der Waals surface area contributed by atoms with Crippen LogP contribution in [0.5, 0.6) is 0 Å². The summed E-state index contributed by atoms with van der Waals surface area (Å²) in [7, 11) is 0. The normalized spacial score (nSPS) is 11.6. The molecule has 0 unspecified atom stereocenters. The number of carbonyl (C=O) groups excluding carboxylic acids is 2. The van der Waals surface area contributed by atoms with Crippen molar-refractivity contribution in [3.05, 3.63) is 11.6 Å². The molecule has 0 radical (unpaired) electrons. The average molecular weight is 373 g/mol. The molecule has 3 nitrogen and oxygen atoms in total. The van der Waals surface area contributed by atoms with Crippen LogP contribution in [0.1, 0.15) is 104 Å². The fourth-order valence-electron chi connectivity index (χ4n) is 2.70. The van der Waals surface area contributed by atoms with Gasteiger partial charge >= 0.3 is 5.97 Å². The number of carbonyl (C=O) groups is 2. The molecule has 0 saturated heterocycles. The SMILES string of the molecule is CCCCCCCCCCCCCCCC(=O)OCC=C(C)C(=O)Cl. The molecule has 0 amide bonds. The Labute approximate surface area is 159 Å². The van der Waals surface area contributed by atoms with Gasteiger partial charge in [-0.05, 0) is 31.0 Å². The first kappa shape index (κ1) is 24.2. The lowest BCUT2D eigenvalue weighted by Crippen LogP contribution is -2.05. The number of allylic oxidation sites excluding steroid dienone is 1. The maximum Gasteiger partial charge on any atom is 0.306 e. The third-order valence-electron chi connectivity index (χ3n) is 4.43. The number of rotatable bonds is 17. The first-order valence-electron chi connectivity index (χ1n) is 10.1. The van der Waals surface area contributed by atoms with Crippen LogP contribution in [0.25, 0.3) is 0 Å². The van der Waals surface area contributed by atoms with Gasteiger partial charge in [0.05, 0.1) is 0 Å². The summed E-state index contributed by atoms with van der Waals surface area (Å²) < 4.78 is 5.04. The standard InChI is InChI=1S/C21H37ClO3/c1-3-4-5-6-7-8-9-10-11-12-13-14-15-16-20(23)25-18-17-19(2)21(22)24/h17H,3-16,18H2,1-2H3. The molecule has 0 aromatic heterocycles. The molecule has 25 heavy (non-hydrogen) atoms. The number of hydrogen-bond donors (Lipinski definition) is 0. The van der Waals surface area contributed by atoms with E-state index in [1.165, 1.54) is 76.7 Å². The van der Waals surface area contributed by atoms with Crippen molar-refractivity contribution in [2.45, 2.75) is 104 Å². The van der Waals surface area contributed by atoms with Gasteiger partial charge in [-0.25, -0.2) is 0 Å². The van der Waals surface area contributed by atoms with Crippen molar-refractivity contribution in [3.8, 4) is 0 Å². The van der Waals surface area contributed by atoms with Crippen LogP contribution in [-0.2, 0) is 14.3 Å². The minimum atomic E-state index is -0.507. The van der Waals surface area contributed by atoms with Gasteiger partial charge in [0.1, 0.15) is 6.61 Å². The average Bonchev–Trinajstić information content (AvgIpc) is 2.58. The van der Waals surface area contributed by atoms with Crippen LogP contribution in [0.2, 0.25) is 0 Å². The van der Waals surface area contributed by atoms with Crippen molar-refractivity contribution >= 4 is 22.8 Å². The molecule has 0 rings (SSSR count). The van der Waals surface area contributed by atoms with Gasteiger partial charge in [0.15, 0.2) is 0 Å². The van der Waals surface area contributed by atoms with Crippen LogP contribution in [-0.4, -0.2) is 17.8 Å². The van der Waals surface area contributed by atoms with Gasteiger partial charge < -0.3 is 4.74 Å². The molecule has 0 aromatic rings. The monoisotopic (exact) mass is 372 g/mol. The molecule has 146 valence electrons. The third-order valence-corrected chi connectivity index (χ3v) is 4.73. The Bertz CT molecular complexity index is 377. The van der Waals surface area contributed by atoms with Gasteiger partial charge in [-0.15, -0.1) is 0 Å². The van der Waals surface area contributed by atoms with Crippen molar-refractivity contribution in [2.24, 2.45) is 0 Å². The quantitative estimate of drug-likeness (QED) is 0.123. The largest absolute Gasteiger partial charge is 0.461 e. The van der Waals surface area contributed by atoms with Gasteiger partial charge in [-0.3, -0.25) is 9.59 Å². The van der Waals surface area contributed by atoms with Crippen LogP contribution < -0.4 is 0 Å². The predicted octanol–water partition coefficient (Wildman–Crippen LogP) is 6.72. The second-order valence-electron chi connectivity index (χ2n) is 6.84. The van der Waals surface area contributed by atoms with E-state index < -0.39 is 5.24 Å². The Hall–Kier alpha value is -0.830. The van der Waals surface area contributed by atoms with E-state index in [4.69, 9.17) is 16.3 Å². The zero-order valence-electron chi connectivity index (χ0n) is 16.3. The zero-order chi connectivity index (χ0) is 18.8. The van der Waals surface area contributed by atoms with E-state index in [0.29, 0.717) is 12.0 Å². The van der Waals surface area contributed by atoms with E-state index in [1.54, 1.807) is 6.92 Å². The van der Waals surface area contributed by atoms with E-state index in [2.05, 4.69) is 6.92 Å². The van der Waals surface area contributed by atoms with E-state index in [-0.39, 0.29) is 12.6 Å². The van der Waals surface area contributed by atoms with Crippen LogP contribution in [0, 0.1) is 0 Å². The Morgan fingerprint density at radius 3 is 1.68 bits per heavy atom. The second-order valence-corrected chi connectivity index (χ2v) is 7.18. The molecule has 0 saturated carbocycles. The molecule has 0 aromatic carbocycles. The Balaban J connectivity index is 3.29. The first-order valence-corrected chi connectivity index (χ1v) is 10.5. The first-order chi connectivity index (χ1) is 12.1. The van der Waals surface area contributed by atoms with Gasteiger partial charge in [0.2, 0.25) is 5.24 Å². The summed E-state index contributed by atoms with van der Waals surface area (Å²) in [4.78, 5) is 22.3. The Kier molecular flexibility index (Phi) is 17.4. The number of halogens is 1. The summed E-state index contributed by atoms with van der Waals surface area (Å²) in [6, 6.07) is 0. The minimum absolute atomic E-state index is 0.127. The fraction of sp³-hybridized carbons (Fsp3) is 0.810. The van der Waals surface area contributed by atoms with Crippen molar-refractivity contribution < 1.29 is 14.3 Å². The summed E-state index contributed by atoms with van der Waals surface area (Å²) in [5.41, 5.74) is 0.412. The number of hydrogen-bond acceptors (Lipinski definition) is 3. The molecule has 0 aliphatic rings. The zero-order valence-corrected chi connectivity index (χ0v) is 17.0. The molecule has 0 spiro atoms. The molecular formula is C21H37ClO3. The minimum Gasteiger partial charge on any atom is -0.461 e. The van der Waals surface area contributed by atoms with Crippen molar-refractivity contribution in [1.29, 1.82) is 0 Å². The maximum atomic E-state index is 11.5. The Morgan fingerprint density at radius 2 is 1.24 bits per heavy atom. The van der Waals surface area contributed by atoms with Gasteiger partial charge in [-0.2, -0.15) is 0 Å². The topological polar surface area (TPSA) is 43.4 Å². The van der Waals surface area contributed by atoms with Crippen molar-refractivity contribution in [1.82, 2.24) is 0 Å². The number of esters is 1. The molecule has 0 atom stereocenters. The fourth-order valence-corrected chi connectivity index (χ4v) is 2.78. The lowest BCUT2D eigenvalue weighted by molar-refractivity contribution is -0.142. The van der Waals surface area contributed by atoms with Crippen molar-refractivity contribution in [3.63, 3.8) is 0 Å². The lowest BCUT2D eigenvalue weighted by Gasteiger charge is -2.04. The number of ether oxygens (including phenoxy) is 1. The summed E-state index contributed by atoms with van der Waals surface area (Å²) >= 11 is 5.29. The lowest BCUT2D eigenvalue weighted by atomic mass is 10.0. The van der Waals surface area contributed by atoms with Gasteiger partial charge in [-0.1, -0.05) is 84.0 Å². The molecule has 0 N–H and O–H groups in total.